The van der Waals surface area contributed by atoms with E-state index in [-0.39, 0.29) is 43.4 Å². The van der Waals surface area contributed by atoms with Crippen LogP contribution in [-0.2, 0) is 28.7 Å². The second-order valence-corrected chi connectivity index (χ2v) is 13.6. The van der Waals surface area contributed by atoms with E-state index in [1.54, 1.807) is 32.9 Å². The topological polar surface area (TPSA) is 158 Å². The number of nitrogens with one attached hydrogen (secondary N) is 3. The van der Waals surface area contributed by atoms with Gasteiger partial charge in [0.2, 0.25) is 11.8 Å². The van der Waals surface area contributed by atoms with Gasteiger partial charge in [0.25, 0.3) is 0 Å². The van der Waals surface area contributed by atoms with E-state index in [9.17, 15) is 19.2 Å². The van der Waals surface area contributed by atoms with Crippen LogP contribution in [0.15, 0.2) is 36.4 Å². The number of ether oxygens (including phenoxy) is 2. The molecule has 1 heterocycles. The highest BCUT2D eigenvalue weighted by atomic mass is 16.8. The third kappa shape index (κ3) is 12.6. The molecule has 11 heteroatoms. The number of alkyl carbamates (subject to hydrolysis) is 1. The lowest BCUT2D eigenvalue weighted by atomic mass is 9.60. The number of amides is 3. The monoisotopic (exact) mass is 630 g/mol. The van der Waals surface area contributed by atoms with Gasteiger partial charge in [-0.15, -0.1) is 0 Å². The van der Waals surface area contributed by atoms with Crippen molar-refractivity contribution in [2.75, 3.05) is 13.2 Å². The van der Waals surface area contributed by atoms with E-state index in [1.165, 1.54) is 0 Å². The van der Waals surface area contributed by atoms with Gasteiger partial charge in [-0.1, -0.05) is 70.2 Å². The van der Waals surface area contributed by atoms with Gasteiger partial charge in [-0.3, -0.25) is 19.8 Å². The van der Waals surface area contributed by atoms with Crippen molar-refractivity contribution in [1.29, 1.82) is 0 Å². The van der Waals surface area contributed by atoms with Crippen LogP contribution >= 0.6 is 0 Å². The summed E-state index contributed by atoms with van der Waals surface area (Å²) >= 11 is 0. The second-order valence-electron chi connectivity index (χ2n) is 13.6. The molecule has 3 amide bonds. The summed E-state index contributed by atoms with van der Waals surface area (Å²) in [7, 11) is 0. The van der Waals surface area contributed by atoms with Crippen LogP contribution in [0.4, 0.5) is 4.79 Å². The van der Waals surface area contributed by atoms with Gasteiger partial charge in [0.1, 0.15) is 11.4 Å². The molecule has 0 saturated carbocycles. The van der Waals surface area contributed by atoms with Crippen molar-refractivity contribution >= 4 is 29.8 Å². The number of benzene rings is 1. The van der Waals surface area contributed by atoms with Gasteiger partial charge in [-0.2, -0.15) is 0 Å². The second kappa shape index (κ2) is 18.0. The molecule has 1 aromatic carbocycles. The lowest BCUT2D eigenvalue weighted by Crippen LogP contribution is -2.55. The zero-order valence-corrected chi connectivity index (χ0v) is 28.0. The zero-order chi connectivity index (χ0) is 33.6. The summed E-state index contributed by atoms with van der Waals surface area (Å²) in [5, 5.41) is 2.65. The standard InChI is InChI=1S/C34H54N4O7/c1-23(2)21-26(30(40)37-35)29(31(41)38-45-28-15-11-12-20-43-28)34(22-24(3)4,18-16-25-13-9-8-10-14-25)27(39)17-19-36-32(42)44-33(5,6)7/h8-10,13-14,16,18,23-24,26,28-29H,11-12,15,17,19-22,35H2,1-7H3,(H,36,42)(H,37,40)(H,38,41)/b18-16+/t26-,28?,29-,34?/m1/s1. The molecule has 45 heavy (non-hydrogen) atoms. The maximum atomic E-state index is 14.6. The molecule has 0 bridgehead atoms. The normalized spacial score (nSPS) is 18.2. The fourth-order valence-electron chi connectivity index (χ4n) is 5.76. The minimum atomic E-state index is -1.48. The molecule has 252 valence electrons. The van der Waals surface area contributed by atoms with Crippen molar-refractivity contribution in [2.24, 2.45) is 34.9 Å². The molecule has 0 radical (unpaired) electrons. The molecule has 0 spiro atoms. The number of carbonyl (C=O) groups excluding carboxylic acids is 4. The lowest BCUT2D eigenvalue weighted by Gasteiger charge is -2.42. The van der Waals surface area contributed by atoms with Crippen molar-refractivity contribution in [1.82, 2.24) is 16.2 Å². The first kappa shape index (κ1) is 37.9. The Balaban J connectivity index is 2.66. The Kier molecular flexibility index (Phi) is 15.2. The molecule has 2 rings (SSSR count). The fourth-order valence-corrected chi connectivity index (χ4v) is 5.76. The van der Waals surface area contributed by atoms with Crippen LogP contribution in [0.2, 0.25) is 0 Å². The van der Waals surface area contributed by atoms with E-state index in [1.807, 2.05) is 58.0 Å². The van der Waals surface area contributed by atoms with E-state index in [0.29, 0.717) is 13.0 Å². The van der Waals surface area contributed by atoms with Gasteiger partial charge < -0.3 is 14.8 Å². The minimum Gasteiger partial charge on any atom is -0.444 e. The van der Waals surface area contributed by atoms with Crippen LogP contribution in [-0.4, -0.2) is 48.7 Å². The van der Waals surface area contributed by atoms with E-state index in [2.05, 4.69) is 16.2 Å². The third-order valence-corrected chi connectivity index (χ3v) is 7.53. The predicted molar refractivity (Wildman–Crippen MR) is 173 cm³/mol. The highest BCUT2D eigenvalue weighted by Crippen LogP contribution is 2.45. The van der Waals surface area contributed by atoms with Gasteiger partial charge in [0.15, 0.2) is 6.29 Å². The van der Waals surface area contributed by atoms with Gasteiger partial charge >= 0.3 is 6.09 Å². The Morgan fingerprint density at radius 1 is 1.02 bits per heavy atom. The molecule has 1 aliphatic rings. The number of Topliss-reactive ketones (excluding diaryl/α,β-unsaturated/α-hetero) is 1. The Morgan fingerprint density at radius 3 is 2.27 bits per heavy atom. The van der Waals surface area contributed by atoms with E-state index >= 15 is 0 Å². The highest BCUT2D eigenvalue weighted by Gasteiger charge is 2.52. The van der Waals surface area contributed by atoms with Crippen molar-refractivity contribution in [3.63, 3.8) is 0 Å². The number of hydrogen-bond donors (Lipinski definition) is 4. The molecule has 5 N–H and O–H groups in total. The highest BCUT2D eigenvalue weighted by molar-refractivity contribution is 5.97. The number of carbonyl (C=O) groups is 4. The zero-order valence-electron chi connectivity index (χ0n) is 28.0. The smallest absolute Gasteiger partial charge is 0.407 e. The number of nitrogens with two attached hydrogens (primary N) is 1. The van der Waals surface area contributed by atoms with Gasteiger partial charge in [-0.05, 0) is 63.9 Å². The lowest BCUT2D eigenvalue weighted by molar-refractivity contribution is -0.204. The summed E-state index contributed by atoms with van der Waals surface area (Å²) in [6, 6.07) is 9.42. The van der Waals surface area contributed by atoms with Crippen LogP contribution in [0.1, 0.15) is 92.6 Å². The number of hydroxylamine groups is 1. The number of hydrogen-bond acceptors (Lipinski definition) is 8. The molecule has 2 unspecified atom stereocenters. The number of hydrazine groups is 1. The van der Waals surface area contributed by atoms with Crippen molar-refractivity contribution in [3.8, 4) is 0 Å². The van der Waals surface area contributed by atoms with Crippen LogP contribution in [0.5, 0.6) is 0 Å². The summed E-state index contributed by atoms with van der Waals surface area (Å²) in [5.41, 5.74) is 3.42. The summed E-state index contributed by atoms with van der Waals surface area (Å²) in [4.78, 5) is 60.5. The van der Waals surface area contributed by atoms with Gasteiger partial charge in [-0.25, -0.2) is 21.0 Å². The molecular weight excluding hydrogens is 576 g/mol. The summed E-state index contributed by atoms with van der Waals surface area (Å²) in [6.07, 6.45) is 5.06. The molecule has 1 aliphatic heterocycles. The first-order valence-electron chi connectivity index (χ1n) is 16.0. The van der Waals surface area contributed by atoms with Gasteiger partial charge in [0.05, 0.1) is 17.3 Å². The van der Waals surface area contributed by atoms with E-state index in [0.717, 1.165) is 18.4 Å². The van der Waals surface area contributed by atoms with Crippen molar-refractivity contribution in [2.45, 2.75) is 98.9 Å². The number of ketones is 1. The van der Waals surface area contributed by atoms with Crippen LogP contribution in [0, 0.1) is 29.1 Å². The largest absolute Gasteiger partial charge is 0.444 e. The van der Waals surface area contributed by atoms with Crippen LogP contribution in [0.25, 0.3) is 6.08 Å². The third-order valence-electron chi connectivity index (χ3n) is 7.53. The van der Waals surface area contributed by atoms with E-state index in [4.69, 9.17) is 20.2 Å². The molecule has 11 nitrogen and oxygen atoms in total. The molecular formula is C34H54N4O7. The average molecular weight is 631 g/mol. The first-order chi connectivity index (χ1) is 21.2. The number of allylic oxidation sites excluding steroid dienone is 1. The molecule has 1 fully saturated rings. The first-order valence-corrected chi connectivity index (χ1v) is 16.0. The average Bonchev–Trinajstić information content (AvgIpc) is 2.97. The van der Waals surface area contributed by atoms with Gasteiger partial charge in [0, 0.05) is 26.0 Å². The Hall–Kier alpha value is -3.28. The summed E-state index contributed by atoms with van der Waals surface area (Å²) in [5.74, 6) is 1.93. The van der Waals surface area contributed by atoms with Crippen LogP contribution < -0.4 is 22.1 Å². The number of rotatable bonds is 16. The SMILES string of the molecule is CC(C)C[C@@H](C(=O)NN)[C@H](C(=O)NOC1CCCCO1)C(/C=C/c1ccccc1)(CC(C)C)C(=O)CCNC(=O)OC(C)(C)C. The predicted octanol–water partition coefficient (Wildman–Crippen LogP) is 5.06. The molecule has 4 atom stereocenters. The summed E-state index contributed by atoms with van der Waals surface area (Å²) < 4.78 is 11.0. The van der Waals surface area contributed by atoms with Crippen molar-refractivity contribution < 1.29 is 33.5 Å². The quantitative estimate of drug-likeness (QED) is 0.112. The molecule has 1 aromatic rings. The Morgan fingerprint density at radius 2 is 1.71 bits per heavy atom. The molecule has 0 aromatic heterocycles. The summed E-state index contributed by atoms with van der Waals surface area (Å²) in [6.45, 7) is 13.5. The van der Waals surface area contributed by atoms with E-state index < -0.39 is 47.0 Å². The fraction of sp³-hybridized carbons (Fsp3) is 0.647. The van der Waals surface area contributed by atoms with Crippen LogP contribution in [0.3, 0.4) is 0 Å². The van der Waals surface area contributed by atoms with Crippen molar-refractivity contribution in [3.05, 3.63) is 42.0 Å². The Bertz CT molecular complexity index is 1130. The maximum Gasteiger partial charge on any atom is 0.407 e. The molecule has 1 saturated heterocycles. The minimum absolute atomic E-state index is 0.0102. The molecule has 0 aliphatic carbocycles. The Labute approximate surface area is 268 Å². The maximum absolute atomic E-state index is 14.6.